The van der Waals surface area contributed by atoms with E-state index in [1.807, 2.05) is 0 Å². The fourth-order valence-corrected chi connectivity index (χ4v) is 0.934. The van der Waals surface area contributed by atoms with Gasteiger partial charge in [0.25, 0.3) is 0 Å². The van der Waals surface area contributed by atoms with Gasteiger partial charge in [0.15, 0.2) is 0 Å². The zero-order valence-corrected chi connectivity index (χ0v) is 6.35. The summed E-state index contributed by atoms with van der Waals surface area (Å²) in [6.07, 6.45) is -2.48. The van der Waals surface area contributed by atoms with Gasteiger partial charge in [0.2, 0.25) is 6.43 Å². The molecule has 0 bridgehead atoms. The molecule has 1 nitrogen and oxygen atoms in total. The van der Waals surface area contributed by atoms with E-state index in [2.05, 4.69) is 0 Å². The van der Waals surface area contributed by atoms with Crippen molar-refractivity contribution < 1.29 is 13.9 Å². The molecule has 0 aliphatic carbocycles. The Morgan fingerprint density at radius 3 is 2.00 bits per heavy atom. The summed E-state index contributed by atoms with van der Waals surface area (Å²) in [6.45, 7) is 3.36. The highest BCUT2D eigenvalue weighted by Crippen LogP contribution is 2.17. The summed E-state index contributed by atoms with van der Waals surface area (Å²) in [4.78, 5) is 0. The predicted molar refractivity (Wildman–Crippen MR) is 36.1 cm³/mol. The Labute approximate surface area is 60.1 Å². The molecular formula is C7H14F2O. The van der Waals surface area contributed by atoms with Crippen LogP contribution in [0.5, 0.6) is 0 Å². The second kappa shape index (κ2) is 4.61. The Bertz CT molecular complexity index is 83.7. The zero-order valence-electron chi connectivity index (χ0n) is 6.35. The molecule has 62 valence electrons. The monoisotopic (exact) mass is 152 g/mol. The fraction of sp³-hybridized carbons (Fsp3) is 1.00. The lowest BCUT2D eigenvalue weighted by atomic mass is 9.97. The standard InChI is InChI=1S/C7H14F2O/c1-3-6(5(2)10)4-7(8)9/h5-7,10H,3-4H2,1-2H3. The smallest absolute Gasteiger partial charge is 0.239 e. The summed E-state index contributed by atoms with van der Waals surface area (Å²) < 4.78 is 23.4. The van der Waals surface area contributed by atoms with Crippen LogP contribution in [0.15, 0.2) is 0 Å². The van der Waals surface area contributed by atoms with Crippen LogP contribution in [0.25, 0.3) is 0 Å². The van der Waals surface area contributed by atoms with E-state index in [1.54, 1.807) is 13.8 Å². The molecule has 0 aromatic carbocycles. The molecule has 0 aromatic rings. The molecule has 0 aliphatic heterocycles. The molecule has 0 aromatic heterocycles. The minimum atomic E-state index is -2.29. The van der Waals surface area contributed by atoms with E-state index in [9.17, 15) is 8.78 Å². The molecule has 0 rings (SSSR count). The van der Waals surface area contributed by atoms with Gasteiger partial charge in [0, 0.05) is 6.42 Å². The SMILES string of the molecule is CCC(CC(F)F)C(C)O. The molecule has 0 saturated carbocycles. The van der Waals surface area contributed by atoms with Crippen LogP contribution in [0.3, 0.4) is 0 Å². The largest absolute Gasteiger partial charge is 0.393 e. The molecule has 0 fully saturated rings. The van der Waals surface area contributed by atoms with E-state index in [1.165, 1.54) is 0 Å². The molecule has 0 heterocycles. The van der Waals surface area contributed by atoms with Gasteiger partial charge in [-0.15, -0.1) is 0 Å². The third kappa shape index (κ3) is 3.77. The van der Waals surface area contributed by atoms with Gasteiger partial charge in [-0.1, -0.05) is 13.3 Å². The Kier molecular flexibility index (Phi) is 4.52. The van der Waals surface area contributed by atoms with Crippen molar-refractivity contribution in [1.29, 1.82) is 0 Å². The number of aliphatic hydroxyl groups is 1. The highest BCUT2D eigenvalue weighted by molar-refractivity contribution is 4.63. The normalized spacial score (nSPS) is 17.4. The van der Waals surface area contributed by atoms with Crippen LogP contribution in [-0.2, 0) is 0 Å². The van der Waals surface area contributed by atoms with Crippen molar-refractivity contribution in [3.8, 4) is 0 Å². The molecule has 1 N–H and O–H groups in total. The Morgan fingerprint density at radius 1 is 1.40 bits per heavy atom. The average molecular weight is 152 g/mol. The predicted octanol–water partition coefficient (Wildman–Crippen LogP) is 2.05. The molecule has 0 radical (unpaired) electrons. The first kappa shape index (κ1) is 9.82. The van der Waals surface area contributed by atoms with Crippen LogP contribution < -0.4 is 0 Å². The summed E-state index contributed by atoms with van der Waals surface area (Å²) in [5, 5.41) is 8.93. The van der Waals surface area contributed by atoms with E-state index in [0.29, 0.717) is 6.42 Å². The minimum absolute atomic E-state index is 0.186. The zero-order chi connectivity index (χ0) is 8.15. The maximum atomic E-state index is 11.7. The van der Waals surface area contributed by atoms with Crippen molar-refractivity contribution in [3.05, 3.63) is 0 Å². The van der Waals surface area contributed by atoms with Crippen LogP contribution in [0, 0.1) is 5.92 Å². The summed E-state index contributed by atoms with van der Waals surface area (Å²) in [5.41, 5.74) is 0. The Hall–Kier alpha value is -0.180. The molecule has 2 atom stereocenters. The van der Waals surface area contributed by atoms with Crippen LogP contribution >= 0.6 is 0 Å². The molecule has 0 amide bonds. The van der Waals surface area contributed by atoms with Gasteiger partial charge >= 0.3 is 0 Å². The topological polar surface area (TPSA) is 20.2 Å². The second-order valence-electron chi connectivity index (χ2n) is 2.54. The highest BCUT2D eigenvalue weighted by atomic mass is 19.3. The Balaban J connectivity index is 3.60. The van der Waals surface area contributed by atoms with Gasteiger partial charge < -0.3 is 5.11 Å². The third-order valence-electron chi connectivity index (χ3n) is 1.69. The summed E-state index contributed by atoms with van der Waals surface area (Å²) in [6, 6.07) is 0. The van der Waals surface area contributed by atoms with Crippen LogP contribution in [0.4, 0.5) is 8.78 Å². The number of rotatable bonds is 4. The molecule has 2 unspecified atom stereocenters. The first-order valence-corrected chi connectivity index (χ1v) is 3.54. The van der Waals surface area contributed by atoms with Gasteiger partial charge in [-0.25, -0.2) is 8.78 Å². The van der Waals surface area contributed by atoms with Crippen molar-refractivity contribution in [2.45, 2.75) is 39.2 Å². The molecule has 0 aliphatic rings. The second-order valence-corrected chi connectivity index (χ2v) is 2.54. The summed E-state index contributed by atoms with van der Waals surface area (Å²) in [5.74, 6) is -0.250. The lowest BCUT2D eigenvalue weighted by molar-refractivity contribution is 0.0548. The van der Waals surface area contributed by atoms with Gasteiger partial charge in [-0.3, -0.25) is 0 Å². The number of aliphatic hydroxyl groups excluding tert-OH is 1. The van der Waals surface area contributed by atoms with Crippen molar-refractivity contribution in [3.63, 3.8) is 0 Å². The summed E-state index contributed by atoms with van der Waals surface area (Å²) >= 11 is 0. The number of hydrogen-bond donors (Lipinski definition) is 1. The highest BCUT2D eigenvalue weighted by Gasteiger charge is 2.17. The van der Waals surface area contributed by atoms with Crippen LogP contribution in [-0.4, -0.2) is 17.6 Å². The van der Waals surface area contributed by atoms with E-state index in [4.69, 9.17) is 5.11 Å². The molecule has 10 heavy (non-hydrogen) atoms. The van der Waals surface area contributed by atoms with E-state index in [0.717, 1.165) is 0 Å². The lowest BCUT2D eigenvalue weighted by Gasteiger charge is -2.16. The third-order valence-corrected chi connectivity index (χ3v) is 1.69. The molecule has 0 spiro atoms. The maximum absolute atomic E-state index is 11.7. The van der Waals surface area contributed by atoms with Crippen molar-refractivity contribution in [1.82, 2.24) is 0 Å². The quantitative estimate of drug-likeness (QED) is 0.653. The van der Waals surface area contributed by atoms with Gasteiger partial charge in [0.05, 0.1) is 6.10 Å². The van der Waals surface area contributed by atoms with Gasteiger partial charge in [-0.05, 0) is 12.8 Å². The van der Waals surface area contributed by atoms with Crippen LogP contribution in [0.2, 0.25) is 0 Å². The van der Waals surface area contributed by atoms with Crippen molar-refractivity contribution in [2.75, 3.05) is 0 Å². The lowest BCUT2D eigenvalue weighted by Crippen LogP contribution is -2.18. The van der Waals surface area contributed by atoms with E-state index in [-0.39, 0.29) is 12.3 Å². The molecule has 0 saturated heterocycles. The van der Waals surface area contributed by atoms with Gasteiger partial charge in [-0.2, -0.15) is 0 Å². The first-order valence-electron chi connectivity index (χ1n) is 3.54. The van der Waals surface area contributed by atoms with Crippen molar-refractivity contribution in [2.24, 2.45) is 5.92 Å². The minimum Gasteiger partial charge on any atom is -0.393 e. The van der Waals surface area contributed by atoms with Crippen molar-refractivity contribution >= 4 is 0 Å². The summed E-state index contributed by atoms with van der Waals surface area (Å²) in [7, 11) is 0. The van der Waals surface area contributed by atoms with E-state index < -0.39 is 12.5 Å². The van der Waals surface area contributed by atoms with Crippen LogP contribution in [0.1, 0.15) is 26.7 Å². The molecular weight excluding hydrogens is 138 g/mol. The fourth-order valence-electron chi connectivity index (χ4n) is 0.934. The van der Waals surface area contributed by atoms with Gasteiger partial charge in [0.1, 0.15) is 0 Å². The number of alkyl halides is 2. The molecule has 3 heteroatoms. The average Bonchev–Trinajstić information content (AvgIpc) is 1.81. The number of hydrogen-bond acceptors (Lipinski definition) is 1. The first-order chi connectivity index (χ1) is 4.57. The van der Waals surface area contributed by atoms with E-state index >= 15 is 0 Å². The number of halogens is 2. The Morgan fingerprint density at radius 2 is 1.90 bits per heavy atom. The maximum Gasteiger partial charge on any atom is 0.239 e.